The van der Waals surface area contributed by atoms with Gasteiger partial charge in [-0.1, -0.05) is 24.3 Å². The van der Waals surface area contributed by atoms with Crippen LogP contribution in [0, 0.1) is 0 Å². The number of H-pyrrole nitrogens is 1. The predicted molar refractivity (Wildman–Crippen MR) is 169 cm³/mol. The number of fused-ring (bicyclic) bond motifs is 1. The van der Waals surface area contributed by atoms with Crippen molar-refractivity contribution in [3.05, 3.63) is 64.4 Å². The average Bonchev–Trinajstić information content (AvgIpc) is 3.55. The molecular weight excluding hydrogens is 657 g/mol. The lowest BCUT2D eigenvalue weighted by Gasteiger charge is -2.21. The van der Waals surface area contributed by atoms with Gasteiger partial charge in [0.2, 0.25) is 0 Å². The van der Waals surface area contributed by atoms with Gasteiger partial charge in [-0.2, -0.15) is 13.2 Å². The Kier molecular flexibility index (Phi) is 14.4. The Morgan fingerprint density at radius 1 is 0.980 bits per heavy atom. The van der Waals surface area contributed by atoms with E-state index in [2.05, 4.69) is 4.98 Å². The number of halogens is 3. The van der Waals surface area contributed by atoms with Crippen LogP contribution in [0.25, 0.3) is 22.0 Å². The number of carbonyl (C=O) groups excluding carboxylic acids is 1. The minimum absolute atomic E-state index is 0.0515. The highest BCUT2D eigenvalue weighted by Crippen LogP contribution is 2.36. The normalized spacial score (nSPS) is 15.5. The largest absolute Gasteiger partial charge is 0.473 e. The number of nitrogens with zero attached hydrogens (tertiary/aromatic N) is 1. The summed E-state index contributed by atoms with van der Waals surface area (Å²) in [5.74, 6) is -3.13. The number of pyridine rings is 1. The summed E-state index contributed by atoms with van der Waals surface area (Å²) in [5, 5.41) is 9.63. The SMILES string of the molecule is COCCOCCOCCOCCOC(COC(=O)C(=O)O)C[C@H]1CN(c2ccc3cc(-c4ccccc4C(F)(F)F)[nH]c(=O)c3c2)CO1. The third-order valence-corrected chi connectivity index (χ3v) is 7.47. The molecule has 1 fully saturated rings. The number of aliphatic carboxylic acids is 1. The molecule has 3 aromatic rings. The van der Waals surface area contributed by atoms with Crippen molar-refractivity contribution in [3.8, 4) is 11.3 Å². The van der Waals surface area contributed by atoms with Gasteiger partial charge < -0.3 is 48.1 Å². The quantitative estimate of drug-likeness (QED) is 0.107. The second-order valence-corrected chi connectivity index (χ2v) is 10.9. The number of carbonyl (C=O) groups is 2. The molecule has 1 aromatic heterocycles. The third-order valence-electron chi connectivity index (χ3n) is 7.47. The van der Waals surface area contributed by atoms with E-state index in [1.54, 1.807) is 25.3 Å². The number of anilines is 1. The van der Waals surface area contributed by atoms with E-state index in [1.807, 2.05) is 4.90 Å². The number of esters is 1. The lowest BCUT2D eigenvalue weighted by Crippen LogP contribution is -2.31. The van der Waals surface area contributed by atoms with Gasteiger partial charge in [0.1, 0.15) is 13.3 Å². The Bertz CT molecular complexity index is 1580. The lowest BCUT2D eigenvalue weighted by atomic mass is 10.0. The van der Waals surface area contributed by atoms with Gasteiger partial charge in [0, 0.05) is 42.4 Å². The van der Waals surface area contributed by atoms with Gasteiger partial charge in [-0.3, -0.25) is 4.79 Å². The second-order valence-electron chi connectivity index (χ2n) is 10.9. The zero-order valence-corrected chi connectivity index (χ0v) is 26.9. The highest BCUT2D eigenvalue weighted by atomic mass is 19.4. The predicted octanol–water partition coefficient (Wildman–Crippen LogP) is 3.48. The molecule has 0 bridgehead atoms. The van der Waals surface area contributed by atoms with Crippen LogP contribution in [0.5, 0.6) is 0 Å². The first-order valence-corrected chi connectivity index (χ1v) is 15.5. The van der Waals surface area contributed by atoms with Gasteiger partial charge >= 0.3 is 18.1 Å². The van der Waals surface area contributed by atoms with Crippen LogP contribution in [0.2, 0.25) is 0 Å². The Hall–Kier alpha value is -4.06. The molecular formula is C33H39F3N2O11. The molecule has 4 rings (SSSR count). The number of rotatable bonds is 19. The van der Waals surface area contributed by atoms with Crippen molar-refractivity contribution >= 4 is 28.4 Å². The summed E-state index contributed by atoms with van der Waals surface area (Å²) in [6.07, 6.45) is -5.44. The van der Waals surface area contributed by atoms with E-state index in [4.69, 9.17) is 38.3 Å². The Balaban J connectivity index is 1.31. The van der Waals surface area contributed by atoms with Crippen LogP contribution in [-0.4, -0.2) is 114 Å². The van der Waals surface area contributed by atoms with Crippen molar-refractivity contribution in [1.82, 2.24) is 4.98 Å². The van der Waals surface area contributed by atoms with Crippen molar-refractivity contribution in [2.45, 2.75) is 24.8 Å². The topological polar surface area (TPSA) is 155 Å². The van der Waals surface area contributed by atoms with Crippen molar-refractivity contribution in [2.24, 2.45) is 0 Å². The molecule has 1 unspecified atom stereocenters. The Morgan fingerprint density at radius 3 is 2.33 bits per heavy atom. The maximum atomic E-state index is 13.6. The molecule has 49 heavy (non-hydrogen) atoms. The van der Waals surface area contributed by atoms with Gasteiger partial charge in [0.15, 0.2) is 0 Å². The first-order valence-electron chi connectivity index (χ1n) is 15.5. The smallest absolute Gasteiger partial charge is 0.417 e. The van der Waals surface area contributed by atoms with Gasteiger partial charge in [-0.25, -0.2) is 9.59 Å². The first kappa shape index (κ1) is 37.8. The van der Waals surface area contributed by atoms with Crippen molar-refractivity contribution in [3.63, 3.8) is 0 Å². The average molecular weight is 697 g/mol. The standard InChI is InChI=1S/C33H39F3N2O11/c1-43-8-9-44-10-11-45-12-13-46-14-15-47-25(20-48-32(42)31(40)41)18-24-19-38(21-49-24)23-7-6-22-16-29(37-30(39)27(22)17-23)26-4-2-3-5-28(26)33(34,35)36/h2-7,16-17,24-25H,8-15,18-21H2,1H3,(H,37,39)(H,40,41)/t24-,25?/m0/s1. The maximum Gasteiger partial charge on any atom is 0.417 e. The minimum Gasteiger partial charge on any atom is -0.473 e. The number of benzene rings is 2. The molecule has 1 aliphatic heterocycles. The maximum absolute atomic E-state index is 13.6. The highest BCUT2D eigenvalue weighted by molar-refractivity contribution is 6.28. The summed E-state index contributed by atoms with van der Waals surface area (Å²) in [6.45, 7) is 3.08. The van der Waals surface area contributed by atoms with Crippen LogP contribution in [0.15, 0.2) is 53.3 Å². The van der Waals surface area contributed by atoms with Gasteiger partial charge in [0.05, 0.1) is 70.6 Å². The van der Waals surface area contributed by atoms with E-state index < -0.39 is 41.4 Å². The third kappa shape index (κ3) is 11.5. The molecule has 0 aliphatic carbocycles. The van der Waals surface area contributed by atoms with Crippen LogP contribution in [0.3, 0.4) is 0 Å². The van der Waals surface area contributed by atoms with Gasteiger partial charge in [0.25, 0.3) is 5.56 Å². The van der Waals surface area contributed by atoms with E-state index in [9.17, 15) is 27.6 Å². The number of alkyl halides is 3. The zero-order chi connectivity index (χ0) is 35.2. The fourth-order valence-electron chi connectivity index (χ4n) is 5.09. The molecule has 0 amide bonds. The monoisotopic (exact) mass is 696 g/mol. The highest BCUT2D eigenvalue weighted by Gasteiger charge is 2.34. The minimum atomic E-state index is -4.59. The summed E-state index contributed by atoms with van der Waals surface area (Å²) in [6, 6.07) is 11.6. The summed E-state index contributed by atoms with van der Waals surface area (Å²) < 4.78 is 78.5. The number of hydrogen-bond acceptors (Lipinski definition) is 11. The molecule has 268 valence electrons. The summed E-state index contributed by atoms with van der Waals surface area (Å²) >= 11 is 0. The molecule has 2 atom stereocenters. The number of ether oxygens (including phenoxy) is 7. The van der Waals surface area contributed by atoms with E-state index in [1.165, 1.54) is 24.3 Å². The van der Waals surface area contributed by atoms with Crippen LogP contribution in [0.1, 0.15) is 12.0 Å². The number of aromatic nitrogens is 1. The van der Waals surface area contributed by atoms with E-state index in [0.29, 0.717) is 57.3 Å². The van der Waals surface area contributed by atoms with Crippen molar-refractivity contribution < 1.29 is 61.0 Å². The van der Waals surface area contributed by atoms with Crippen LogP contribution >= 0.6 is 0 Å². The Morgan fingerprint density at radius 2 is 1.65 bits per heavy atom. The second kappa shape index (κ2) is 18.6. The molecule has 16 heteroatoms. The zero-order valence-electron chi connectivity index (χ0n) is 26.9. The van der Waals surface area contributed by atoms with Crippen molar-refractivity contribution in [1.29, 1.82) is 0 Å². The number of methoxy groups -OCH3 is 1. The van der Waals surface area contributed by atoms with Crippen molar-refractivity contribution in [2.75, 3.05) is 84.7 Å². The molecule has 1 aliphatic rings. The number of carboxylic acid groups (broad SMARTS) is 1. The van der Waals surface area contributed by atoms with Crippen LogP contribution < -0.4 is 10.5 Å². The molecule has 2 N–H and O–H groups in total. The molecule has 2 heterocycles. The molecule has 1 saturated heterocycles. The summed E-state index contributed by atoms with van der Waals surface area (Å²) in [7, 11) is 1.59. The molecule has 13 nitrogen and oxygen atoms in total. The number of nitrogens with one attached hydrogen (secondary N) is 1. The summed E-state index contributed by atoms with van der Waals surface area (Å²) in [4.78, 5) is 40.0. The van der Waals surface area contributed by atoms with Gasteiger partial charge in [-0.15, -0.1) is 0 Å². The first-order chi connectivity index (χ1) is 23.6. The molecule has 0 spiro atoms. The van der Waals surface area contributed by atoms with E-state index in [0.717, 1.165) is 6.07 Å². The fraction of sp³-hybridized carbons (Fsp3) is 0.485. The van der Waals surface area contributed by atoms with E-state index >= 15 is 0 Å². The summed E-state index contributed by atoms with van der Waals surface area (Å²) in [5.41, 5.74) is -0.824. The number of aromatic amines is 1. The molecule has 2 aromatic carbocycles. The Labute approximate surface area is 279 Å². The molecule has 0 radical (unpaired) electrons. The lowest BCUT2D eigenvalue weighted by molar-refractivity contribution is -0.167. The van der Waals surface area contributed by atoms with Gasteiger partial charge in [-0.05, 0) is 29.7 Å². The fourth-order valence-corrected chi connectivity index (χ4v) is 5.09. The van der Waals surface area contributed by atoms with E-state index in [-0.39, 0.29) is 49.6 Å². The number of hydrogen-bond donors (Lipinski definition) is 2. The van der Waals surface area contributed by atoms with Crippen LogP contribution in [0.4, 0.5) is 18.9 Å². The van der Waals surface area contributed by atoms with Crippen LogP contribution in [-0.2, 0) is 48.9 Å². The number of carboxylic acids is 1. The molecule has 0 saturated carbocycles.